The maximum atomic E-state index is 5.81. The summed E-state index contributed by atoms with van der Waals surface area (Å²) in [6.45, 7) is 8.40. The smallest absolute Gasteiger partial charge is 0.225 e. The van der Waals surface area contributed by atoms with Crippen molar-refractivity contribution in [1.82, 2.24) is 9.97 Å². The van der Waals surface area contributed by atoms with E-state index in [9.17, 15) is 0 Å². The minimum Gasteiger partial charge on any atom is -0.474 e. The number of hydrogen-bond donors (Lipinski definition) is 1. The van der Waals surface area contributed by atoms with Gasteiger partial charge in [0.15, 0.2) is 0 Å². The molecule has 0 bridgehead atoms. The predicted octanol–water partition coefficient (Wildman–Crippen LogP) is 2.64. The Kier molecular flexibility index (Phi) is 4.52. The molecule has 0 radical (unpaired) electrons. The van der Waals surface area contributed by atoms with E-state index in [1.54, 1.807) is 13.2 Å². The monoisotopic (exact) mass is 223 g/mol. The molecule has 0 saturated heterocycles. The minimum absolute atomic E-state index is 0.179. The van der Waals surface area contributed by atoms with E-state index in [1.165, 1.54) is 0 Å². The van der Waals surface area contributed by atoms with E-state index in [4.69, 9.17) is 4.74 Å². The summed E-state index contributed by atoms with van der Waals surface area (Å²) < 4.78 is 5.81. The molecule has 1 aromatic heterocycles. The molecule has 4 heteroatoms. The van der Waals surface area contributed by atoms with Crippen molar-refractivity contribution in [3.63, 3.8) is 0 Å². The number of nitrogens with zero attached hydrogens (tertiary/aromatic N) is 2. The Morgan fingerprint density at radius 2 is 2.06 bits per heavy atom. The first-order valence-electron chi connectivity index (χ1n) is 5.71. The molecular weight excluding hydrogens is 202 g/mol. The average Bonchev–Trinajstić information content (AvgIpc) is 2.20. The third kappa shape index (κ3) is 3.68. The Balaban J connectivity index is 2.71. The molecule has 0 aromatic carbocycles. The van der Waals surface area contributed by atoms with Crippen molar-refractivity contribution in [3.8, 4) is 5.88 Å². The predicted molar refractivity (Wildman–Crippen MR) is 65.9 cm³/mol. The van der Waals surface area contributed by atoms with Crippen LogP contribution in [0, 0.1) is 12.8 Å². The van der Waals surface area contributed by atoms with Gasteiger partial charge in [-0.1, -0.05) is 13.8 Å². The Morgan fingerprint density at radius 1 is 1.38 bits per heavy atom. The molecule has 16 heavy (non-hydrogen) atoms. The van der Waals surface area contributed by atoms with Gasteiger partial charge < -0.3 is 10.1 Å². The van der Waals surface area contributed by atoms with Crippen molar-refractivity contribution in [3.05, 3.63) is 11.8 Å². The molecule has 90 valence electrons. The molecule has 0 aliphatic heterocycles. The number of hydrogen-bond acceptors (Lipinski definition) is 4. The van der Waals surface area contributed by atoms with Gasteiger partial charge in [0.05, 0.1) is 6.10 Å². The first-order chi connectivity index (χ1) is 7.52. The van der Waals surface area contributed by atoms with Gasteiger partial charge in [-0.05, 0) is 26.2 Å². The summed E-state index contributed by atoms with van der Waals surface area (Å²) in [6, 6.07) is 0. The molecule has 1 N–H and O–H groups in total. The number of aryl methyl sites for hydroxylation is 1. The number of nitrogens with one attached hydrogen (secondary N) is 1. The molecule has 0 saturated carbocycles. The second-order valence-electron chi connectivity index (χ2n) is 4.49. The Hall–Kier alpha value is -1.32. The molecule has 0 aliphatic carbocycles. The molecule has 1 atom stereocenters. The van der Waals surface area contributed by atoms with Gasteiger partial charge in [-0.2, -0.15) is 4.98 Å². The zero-order valence-corrected chi connectivity index (χ0v) is 10.7. The van der Waals surface area contributed by atoms with E-state index in [2.05, 4.69) is 36.1 Å². The van der Waals surface area contributed by atoms with E-state index in [0.29, 0.717) is 17.7 Å². The fourth-order valence-electron chi connectivity index (χ4n) is 1.57. The van der Waals surface area contributed by atoms with Crippen LogP contribution in [0.3, 0.4) is 0 Å². The standard InChI is InChI=1S/C12H21N3O/c1-8(2)6-10(4)16-11-9(3)7-14-12(13-5)15-11/h7-8,10H,6H2,1-5H3,(H,13,14,15). The van der Waals surface area contributed by atoms with Crippen molar-refractivity contribution in [2.45, 2.75) is 40.2 Å². The van der Waals surface area contributed by atoms with Crippen LogP contribution < -0.4 is 10.1 Å². The first kappa shape index (κ1) is 12.7. The van der Waals surface area contributed by atoms with E-state index < -0.39 is 0 Å². The molecule has 1 rings (SSSR count). The van der Waals surface area contributed by atoms with E-state index >= 15 is 0 Å². The van der Waals surface area contributed by atoms with Gasteiger partial charge in [-0.25, -0.2) is 4.98 Å². The zero-order chi connectivity index (χ0) is 12.1. The Labute approximate surface area is 97.5 Å². The molecule has 1 unspecified atom stereocenters. The number of aromatic nitrogens is 2. The van der Waals surface area contributed by atoms with Crippen LogP contribution in [0.4, 0.5) is 5.95 Å². The molecule has 4 nitrogen and oxygen atoms in total. The van der Waals surface area contributed by atoms with Crippen molar-refractivity contribution in [2.75, 3.05) is 12.4 Å². The van der Waals surface area contributed by atoms with Crippen molar-refractivity contribution in [2.24, 2.45) is 5.92 Å². The second-order valence-corrected chi connectivity index (χ2v) is 4.49. The lowest BCUT2D eigenvalue weighted by Gasteiger charge is -2.17. The van der Waals surface area contributed by atoms with Gasteiger partial charge in [0, 0.05) is 18.8 Å². The van der Waals surface area contributed by atoms with Crippen LogP contribution in [0.25, 0.3) is 0 Å². The van der Waals surface area contributed by atoms with E-state index in [1.807, 2.05) is 6.92 Å². The summed E-state index contributed by atoms with van der Waals surface area (Å²) in [5.74, 6) is 1.89. The molecule has 0 aliphatic rings. The Bertz CT molecular complexity index is 339. The van der Waals surface area contributed by atoms with E-state index in [-0.39, 0.29) is 6.10 Å². The van der Waals surface area contributed by atoms with Crippen LogP contribution in [0.15, 0.2) is 6.20 Å². The minimum atomic E-state index is 0.179. The van der Waals surface area contributed by atoms with Crippen LogP contribution in [-0.4, -0.2) is 23.1 Å². The topological polar surface area (TPSA) is 47.0 Å². The van der Waals surface area contributed by atoms with Gasteiger partial charge in [0.1, 0.15) is 0 Å². The summed E-state index contributed by atoms with van der Waals surface area (Å²) in [5, 5.41) is 2.91. The zero-order valence-electron chi connectivity index (χ0n) is 10.7. The fourth-order valence-corrected chi connectivity index (χ4v) is 1.57. The van der Waals surface area contributed by atoms with Crippen LogP contribution in [0.5, 0.6) is 5.88 Å². The lowest BCUT2D eigenvalue weighted by Crippen LogP contribution is -2.16. The van der Waals surface area contributed by atoms with Crippen LogP contribution in [-0.2, 0) is 0 Å². The summed E-state index contributed by atoms with van der Waals surface area (Å²) >= 11 is 0. The number of ether oxygens (including phenoxy) is 1. The van der Waals surface area contributed by atoms with Gasteiger partial charge >= 0.3 is 0 Å². The highest BCUT2D eigenvalue weighted by Gasteiger charge is 2.10. The van der Waals surface area contributed by atoms with Crippen molar-refractivity contribution in [1.29, 1.82) is 0 Å². The average molecular weight is 223 g/mol. The fraction of sp³-hybridized carbons (Fsp3) is 0.667. The van der Waals surface area contributed by atoms with E-state index in [0.717, 1.165) is 12.0 Å². The lowest BCUT2D eigenvalue weighted by molar-refractivity contribution is 0.184. The quantitative estimate of drug-likeness (QED) is 0.833. The summed E-state index contributed by atoms with van der Waals surface area (Å²) in [7, 11) is 1.80. The summed E-state index contributed by atoms with van der Waals surface area (Å²) in [6.07, 6.45) is 2.98. The summed E-state index contributed by atoms with van der Waals surface area (Å²) in [4.78, 5) is 8.42. The summed E-state index contributed by atoms with van der Waals surface area (Å²) in [5.41, 5.74) is 0.967. The van der Waals surface area contributed by atoms with Gasteiger partial charge in [-0.3, -0.25) is 0 Å². The highest BCUT2D eigenvalue weighted by Crippen LogP contribution is 2.18. The molecule has 1 heterocycles. The first-order valence-corrected chi connectivity index (χ1v) is 5.71. The maximum Gasteiger partial charge on any atom is 0.225 e. The van der Waals surface area contributed by atoms with Gasteiger partial charge in [-0.15, -0.1) is 0 Å². The molecule has 0 amide bonds. The van der Waals surface area contributed by atoms with Gasteiger partial charge in [0.2, 0.25) is 11.8 Å². The number of rotatable bonds is 5. The third-order valence-electron chi connectivity index (χ3n) is 2.27. The second kappa shape index (κ2) is 5.68. The van der Waals surface area contributed by atoms with Crippen molar-refractivity contribution < 1.29 is 4.74 Å². The highest BCUT2D eigenvalue weighted by atomic mass is 16.5. The Morgan fingerprint density at radius 3 is 2.62 bits per heavy atom. The maximum absolute atomic E-state index is 5.81. The van der Waals surface area contributed by atoms with Crippen LogP contribution in [0.1, 0.15) is 32.8 Å². The molecular formula is C12H21N3O. The number of anilines is 1. The highest BCUT2D eigenvalue weighted by molar-refractivity contribution is 5.31. The third-order valence-corrected chi connectivity index (χ3v) is 2.27. The van der Waals surface area contributed by atoms with Crippen LogP contribution in [0.2, 0.25) is 0 Å². The molecule has 1 aromatic rings. The molecule has 0 fully saturated rings. The largest absolute Gasteiger partial charge is 0.474 e. The molecule has 0 spiro atoms. The normalized spacial score (nSPS) is 12.6. The van der Waals surface area contributed by atoms with Crippen LogP contribution >= 0.6 is 0 Å². The van der Waals surface area contributed by atoms with Gasteiger partial charge in [0.25, 0.3) is 0 Å². The lowest BCUT2D eigenvalue weighted by atomic mass is 10.1. The van der Waals surface area contributed by atoms with Crippen molar-refractivity contribution >= 4 is 5.95 Å². The SMILES string of the molecule is CNc1ncc(C)c(OC(C)CC(C)C)n1.